The average molecular weight is 293 g/mol. The molecular weight excluding hydrogens is 278 g/mol. The average Bonchev–Trinajstić information content (AvgIpc) is 2.56. The van der Waals surface area contributed by atoms with Crippen molar-refractivity contribution in [3.8, 4) is 0 Å². The van der Waals surface area contributed by atoms with E-state index in [1.54, 1.807) is 24.3 Å². The number of aryl methyl sites for hydroxylation is 1. The molecule has 3 rings (SSSR count). The van der Waals surface area contributed by atoms with Crippen molar-refractivity contribution in [2.75, 3.05) is 5.32 Å². The van der Waals surface area contributed by atoms with Gasteiger partial charge < -0.3 is 5.32 Å². The number of aromatic amines is 1. The second-order valence-corrected chi connectivity index (χ2v) is 4.91. The number of fused-ring (bicyclic) bond motifs is 1. The van der Waals surface area contributed by atoms with Crippen LogP contribution >= 0.6 is 0 Å². The van der Waals surface area contributed by atoms with Gasteiger partial charge >= 0.3 is 0 Å². The number of H-pyrrole nitrogens is 1. The van der Waals surface area contributed by atoms with Crippen molar-refractivity contribution in [2.45, 2.75) is 13.3 Å². The zero-order valence-corrected chi connectivity index (χ0v) is 12.1. The summed E-state index contributed by atoms with van der Waals surface area (Å²) in [6.45, 7) is 2.03. The summed E-state index contributed by atoms with van der Waals surface area (Å²) in [6.07, 6.45) is 0.816. The first kappa shape index (κ1) is 14.0. The molecule has 0 spiro atoms. The molecule has 0 aliphatic heterocycles. The van der Waals surface area contributed by atoms with Crippen LogP contribution in [0.25, 0.3) is 10.8 Å². The summed E-state index contributed by atoms with van der Waals surface area (Å²) in [7, 11) is 0. The van der Waals surface area contributed by atoms with Gasteiger partial charge in [0, 0.05) is 11.1 Å². The molecule has 0 saturated heterocycles. The van der Waals surface area contributed by atoms with Crippen molar-refractivity contribution < 1.29 is 4.79 Å². The minimum Gasteiger partial charge on any atom is -0.320 e. The second kappa shape index (κ2) is 5.81. The van der Waals surface area contributed by atoms with E-state index in [-0.39, 0.29) is 17.2 Å². The lowest BCUT2D eigenvalue weighted by Gasteiger charge is -2.10. The van der Waals surface area contributed by atoms with Gasteiger partial charge in [-0.3, -0.25) is 9.59 Å². The summed E-state index contributed by atoms with van der Waals surface area (Å²) in [5.41, 5.74) is 1.71. The van der Waals surface area contributed by atoms with Crippen molar-refractivity contribution in [3.05, 3.63) is 70.1 Å². The van der Waals surface area contributed by atoms with Crippen LogP contribution < -0.4 is 10.9 Å². The van der Waals surface area contributed by atoms with E-state index in [9.17, 15) is 9.59 Å². The van der Waals surface area contributed by atoms with E-state index < -0.39 is 0 Å². The highest BCUT2D eigenvalue weighted by Crippen LogP contribution is 2.18. The van der Waals surface area contributed by atoms with Crippen LogP contribution in [0.1, 0.15) is 23.0 Å². The van der Waals surface area contributed by atoms with Crippen LogP contribution in [0.3, 0.4) is 0 Å². The molecule has 0 unspecified atom stereocenters. The van der Waals surface area contributed by atoms with E-state index in [2.05, 4.69) is 15.5 Å². The number of nitrogens with zero attached hydrogens (tertiary/aromatic N) is 1. The molecule has 0 bridgehead atoms. The molecule has 0 radical (unpaired) electrons. The minimum atomic E-state index is -0.339. The van der Waals surface area contributed by atoms with E-state index >= 15 is 0 Å². The number of para-hydroxylation sites is 1. The molecule has 0 aliphatic rings. The van der Waals surface area contributed by atoms with Gasteiger partial charge in [-0.1, -0.05) is 43.3 Å². The first-order valence-corrected chi connectivity index (χ1v) is 7.07. The lowest BCUT2D eigenvalue weighted by Crippen LogP contribution is -2.19. The molecule has 5 nitrogen and oxygen atoms in total. The van der Waals surface area contributed by atoms with Gasteiger partial charge in [0.15, 0.2) is 5.69 Å². The second-order valence-electron chi connectivity index (χ2n) is 4.91. The van der Waals surface area contributed by atoms with Crippen LogP contribution in [-0.4, -0.2) is 16.1 Å². The number of anilines is 1. The molecule has 0 atom stereocenters. The molecule has 1 aromatic heterocycles. The van der Waals surface area contributed by atoms with Crippen LogP contribution in [-0.2, 0) is 6.42 Å². The Morgan fingerprint density at radius 2 is 1.77 bits per heavy atom. The van der Waals surface area contributed by atoms with Crippen molar-refractivity contribution in [3.63, 3.8) is 0 Å². The van der Waals surface area contributed by atoms with Gasteiger partial charge in [-0.25, -0.2) is 5.10 Å². The topological polar surface area (TPSA) is 74.8 Å². The predicted molar refractivity (Wildman–Crippen MR) is 86.1 cm³/mol. The minimum absolute atomic E-state index is 0.209. The highest BCUT2D eigenvalue weighted by Gasteiger charge is 2.14. The lowest BCUT2D eigenvalue weighted by molar-refractivity contribution is 0.102. The van der Waals surface area contributed by atoms with Crippen molar-refractivity contribution in [2.24, 2.45) is 0 Å². The number of hydrogen-bond acceptors (Lipinski definition) is 3. The van der Waals surface area contributed by atoms with E-state index in [1.165, 1.54) is 0 Å². The van der Waals surface area contributed by atoms with Crippen molar-refractivity contribution in [1.29, 1.82) is 0 Å². The summed E-state index contributed by atoms with van der Waals surface area (Å²) in [4.78, 5) is 24.3. The highest BCUT2D eigenvalue weighted by atomic mass is 16.2. The maximum absolute atomic E-state index is 12.5. The van der Waals surface area contributed by atoms with Gasteiger partial charge in [-0.2, -0.15) is 5.10 Å². The number of carbonyl (C=O) groups is 1. The fourth-order valence-corrected chi connectivity index (χ4v) is 2.42. The van der Waals surface area contributed by atoms with Crippen LogP contribution in [0.2, 0.25) is 0 Å². The molecule has 5 heteroatoms. The largest absolute Gasteiger partial charge is 0.320 e. The first-order valence-electron chi connectivity index (χ1n) is 7.07. The normalized spacial score (nSPS) is 10.6. The monoisotopic (exact) mass is 293 g/mol. The van der Waals surface area contributed by atoms with Crippen LogP contribution in [0.15, 0.2) is 53.3 Å². The Morgan fingerprint density at radius 1 is 1.09 bits per heavy atom. The molecule has 2 N–H and O–H groups in total. The van der Waals surface area contributed by atoms with Gasteiger partial charge in [0.1, 0.15) is 0 Å². The predicted octanol–water partition coefficient (Wildman–Crippen LogP) is 2.74. The van der Waals surface area contributed by atoms with Gasteiger partial charge in [-0.15, -0.1) is 0 Å². The van der Waals surface area contributed by atoms with E-state index in [1.807, 2.05) is 31.2 Å². The molecule has 0 saturated carbocycles. The fraction of sp³-hybridized carbons (Fsp3) is 0.118. The van der Waals surface area contributed by atoms with Crippen LogP contribution in [0, 0.1) is 0 Å². The zero-order valence-electron chi connectivity index (χ0n) is 12.1. The number of carbonyl (C=O) groups excluding carboxylic acids is 1. The number of aromatic nitrogens is 2. The SMILES string of the molecule is CCc1ccccc1NC(=O)c1n[nH]c(=O)c2ccccc12. The number of nitrogens with one attached hydrogen (secondary N) is 2. The molecule has 1 heterocycles. The number of benzene rings is 2. The highest BCUT2D eigenvalue weighted by molar-refractivity contribution is 6.11. The third-order valence-electron chi connectivity index (χ3n) is 3.56. The van der Waals surface area contributed by atoms with Crippen LogP contribution in [0.5, 0.6) is 0 Å². The van der Waals surface area contributed by atoms with E-state index in [0.29, 0.717) is 10.8 Å². The number of amides is 1. The third kappa shape index (κ3) is 2.48. The molecule has 110 valence electrons. The molecule has 3 aromatic rings. The molecule has 22 heavy (non-hydrogen) atoms. The smallest absolute Gasteiger partial charge is 0.276 e. The molecule has 0 fully saturated rings. The summed E-state index contributed by atoms with van der Waals surface area (Å²) in [6, 6.07) is 14.5. The Bertz CT molecular complexity index is 900. The number of rotatable bonds is 3. The zero-order chi connectivity index (χ0) is 15.5. The Kier molecular flexibility index (Phi) is 3.70. The van der Waals surface area contributed by atoms with Gasteiger partial charge in [0.2, 0.25) is 0 Å². The molecule has 0 aliphatic carbocycles. The first-order chi connectivity index (χ1) is 10.7. The van der Waals surface area contributed by atoms with Gasteiger partial charge in [0.05, 0.1) is 5.39 Å². The maximum Gasteiger partial charge on any atom is 0.276 e. The molecule has 2 aromatic carbocycles. The maximum atomic E-state index is 12.5. The summed E-state index contributed by atoms with van der Waals surface area (Å²) < 4.78 is 0. The summed E-state index contributed by atoms with van der Waals surface area (Å²) in [5.74, 6) is -0.339. The molecular formula is C17H15N3O2. The summed E-state index contributed by atoms with van der Waals surface area (Å²) >= 11 is 0. The summed E-state index contributed by atoms with van der Waals surface area (Å²) in [5, 5.41) is 10.1. The Hall–Kier alpha value is -2.95. The Balaban J connectivity index is 2.03. The van der Waals surface area contributed by atoms with Crippen molar-refractivity contribution >= 4 is 22.4 Å². The van der Waals surface area contributed by atoms with Crippen molar-refractivity contribution in [1.82, 2.24) is 10.2 Å². The Labute approximate surface area is 127 Å². The quantitative estimate of drug-likeness (QED) is 0.779. The fourth-order valence-electron chi connectivity index (χ4n) is 2.42. The van der Waals surface area contributed by atoms with E-state index in [0.717, 1.165) is 17.7 Å². The Morgan fingerprint density at radius 3 is 2.55 bits per heavy atom. The van der Waals surface area contributed by atoms with Gasteiger partial charge in [-0.05, 0) is 24.1 Å². The molecule has 1 amide bonds. The third-order valence-corrected chi connectivity index (χ3v) is 3.56. The van der Waals surface area contributed by atoms with Gasteiger partial charge in [0.25, 0.3) is 11.5 Å². The van der Waals surface area contributed by atoms with E-state index in [4.69, 9.17) is 0 Å². The van der Waals surface area contributed by atoms with Crippen LogP contribution in [0.4, 0.5) is 5.69 Å². The number of hydrogen-bond donors (Lipinski definition) is 2. The standard InChI is InChI=1S/C17H15N3O2/c1-2-11-7-3-6-10-14(11)18-17(22)15-12-8-4-5-9-13(12)16(21)20-19-15/h3-10H,2H2,1H3,(H,18,22)(H,20,21). The lowest BCUT2D eigenvalue weighted by atomic mass is 10.1.